The Morgan fingerprint density at radius 1 is 1.05 bits per heavy atom. The second kappa shape index (κ2) is 5.20. The molecule has 19 heavy (non-hydrogen) atoms. The molecule has 0 radical (unpaired) electrons. The van der Waals surface area contributed by atoms with E-state index in [-0.39, 0.29) is 0 Å². The lowest BCUT2D eigenvalue weighted by molar-refractivity contribution is 0.459. The monoisotopic (exact) mass is 249 g/mol. The summed E-state index contributed by atoms with van der Waals surface area (Å²) in [7, 11) is 0. The van der Waals surface area contributed by atoms with Gasteiger partial charge in [-0.25, -0.2) is 4.98 Å². The highest BCUT2D eigenvalue weighted by Crippen LogP contribution is 2.25. The minimum Gasteiger partial charge on any atom is -0.438 e. The van der Waals surface area contributed by atoms with Crippen LogP contribution in [0.25, 0.3) is 0 Å². The Morgan fingerprint density at radius 2 is 1.74 bits per heavy atom. The molecule has 1 aromatic carbocycles. The van der Waals surface area contributed by atoms with Crippen LogP contribution < -0.4 is 4.74 Å². The largest absolute Gasteiger partial charge is 0.438 e. The number of hydrogen-bond acceptors (Lipinski definition) is 4. The molecule has 0 aliphatic rings. The Hall–Kier alpha value is -2.85. The fraction of sp³-hybridized carbons (Fsp3) is 0.133. The lowest BCUT2D eigenvalue weighted by atomic mass is 10.1. The van der Waals surface area contributed by atoms with Crippen molar-refractivity contribution in [3.63, 3.8) is 0 Å². The first-order chi connectivity index (χ1) is 9.13. The fourth-order valence-corrected chi connectivity index (χ4v) is 1.72. The lowest BCUT2D eigenvalue weighted by Gasteiger charge is -2.09. The number of pyridine rings is 1. The topological polar surface area (TPSA) is 69.7 Å². The van der Waals surface area contributed by atoms with E-state index < -0.39 is 0 Å². The molecule has 0 amide bonds. The number of benzene rings is 1. The van der Waals surface area contributed by atoms with Gasteiger partial charge in [0.15, 0.2) is 0 Å². The van der Waals surface area contributed by atoms with Crippen LogP contribution in [0.15, 0.2) is 30.3 Å². The fourth-order valence-electron chi connectivity index (χ4n) is 1.72. The van der Waals surface area contributed by atoms with E-state index in [1.165, 1.54) is 0 Å². The van der Waals surface area contributed by atoms with Crippen molar-refractivity contribution in [3.8, 4) is 23.8 Å². The molecular formula is C15H11N3O. The van der Waals surface area contributed by atoms with Crippen molar-refractivity contribution in [1.29, 1.82) is 10.5 Å². The number of rotatable bonds is 2. The van der Waals surface area contributed by atoms with E-state index in [0.717, 1.165) is 11.3 Å². The Kier molecular flexibility index (Phi) is 3.45. The van der Waals surface area contributed by atoms with E-state index in [1.54, 1.807) is 24.3 Å². The molecule has 1 aromatic heterocycles. The number of nitriles is 2. The van der Waals surface area contributed by atoms with Gasteiger partial charge in [0.25, 0.3) is 0 Å². The van der Waals surface area contributed by atoms with Gasteiger partial charge in [0.1, 0.15) is 17.4 Å². The van der Waals surface area contributed by atoms with Crippen LogP contribution in [0, 0.1) is 36.5 Å². The highest BCUT2D eigenvalue weighted by molar-refractivity contribution is 5.47. The summed E-state index contributed by atoms with van der Waals surface area (Å²) in [4.78, 5) is 4.23. The van der Waals surface area contributed by atoms with Gasteiger partial charge < -0.3 is 4.74 Å². The van der Waals surface area contributed by atoms with Crippen LogP contribution in [0.1, 0.15) is 22.4 Å². The molecule has 2 aromatic rings. The third kappa shape index (κ3) is 2.70. The van der Waals surface area contributed by atoms with Crippen LogP contribution in [0.4, 0.5) is 0 Å². The zero-order valence-corrected chi connectivity index (χ0v) is 10.6. The lowest BCUT2D eigenvalue weighted by Crippen LogP contribution is -1.96. The summed E-state index contributed by atoms with van der Waals surface area (Å²) < 4.78 is 5.62. The molecule has 4 nitrogen and oxygen atoms in total. The number of hydrogen-bond donors (Lipinski definition) is 0. The molecule has 0 aliphatic heterocycles. The summed E-state index contributed by atoms with van der Waals surface area (Å²) in [6.07, 6.45) is 0. The Bertz CT molecular complexity index is 691. The van der Waals surface area contributed by atoms with Gasteiger partial charge in [-0.15, -0.1) is 0 Å². The molecule has 0 spiro atoms. The second-order valence-corrected chi connectivity index (χ2v) is 4.11. The van der Waals surface area contributed by atoms with Crippen molar-refractivity contribution >= 4 is 0 Å². The first kappa shape index (κ1) is 12.6. The van der Waals surface area contributed by atoms with E-state index in [1.807, 2.05) is 26.0 Å². The predicted molar refractivity (Wildman–Crippen MR) is 69.7 cm³/mol. The van der Waals surface area contributed by atoms with Crippen LogP contribution in [0.5, 0.6) is 11.6 Å². The first-order valence-electron chi connectivity index (χ1n) is 5.70. The van der Waals surface area contributed by atoms with Crippen molar-refractivity contribution in [1.82, 2.24) is 4.98 Å². The Labute approximate surface area is 111 Å². The normalized spacial score (nSPS) is 9.47. The summed E-state index contributed by atoms with van der Waals surface area (Å²) in [6, 6.07) is 12.6. The molecule has 0 N–H and O–H groups in total. The van der Waals surface area contributed by atoms with Crippen molar-refractivity contribution in [2.75, 3.05) is 0 Å². The number of aryl methyl sites for hydroxylation is 2. The summed E-state index contributed by atoms with van der Waals surface area (Å²) in [5.74, 6) is 0.845. The number of nitrogens with zero attached hydrogens (tertiary/aromatic N) is 3. The molecule has 0 saturated carbocycles. The van der Waals surface area contributed by atoms with E-state index in [2.05, 4.69) is 11.1 Å². The van der Waals surface area contributed by atoms with E-state index >= 15 is 0 Å². The Morgan fingerprint density at radius 3 is 2.32 bits per heavy atom. The molecule has 0 saturated heterocycles. The van der Waals surface area contributed by atoms with Crippen LogP contribution in [0.2, 0.25) is 0 Å². The molecule has 0 unspecified atom stereocenters. The van der Waals surface area contributed by atoms with Crippen LogP contribution in [0.3, 0.4) is 0 Å². The molecule has 92 valence electrons. The van der Waals surface area contributed by atoms with Gasteiger partial charge in [-0.3, -0.25) is 0 Å². The van der Waals surface area contributed by atoms with Crippen LogP contribution in [-0.2, 0) is 0 Å². The average Bonchev–Trinajstić information content (AvgIpc) is 2.39. The average molecular weight is 249 g/mol. The summed E-state index contributed by atoms with van der Waals surface area (Å²) in [5, 5.41) is 17.9. The van der Waals surface area contributed by atoms with Crippen molar-refractivity contribution in [2.45, 2.75) is 13.8 Å². The second-order valence-electron chi connectivity index (χ2n) is 4.11. The minimum absolute atomic E-state index is 0.296. The third-order valence-electron chi connectivity index (χ3n) is 2.62. The van der Waals surface area contributed by atoms with Gasteiger partial charge in [0, 0.05) is 5.69 Å². The van der Waals surface area contributed by atoms with Gasteiger partial charge in [-0.1, -0.05) is 0 Å². The molecular weight excluding hydrogens is 238 g/mol. The Balaban J connectivity index is 2.38. The molecule has 1 heterocycles. The van der Waals surface area contributed by atoms with E-state index in [9.17, 15) is 0 Å². The van der Waals surface area contributed by atoms with Crippen molar-refractivity contribution in [3.05, 3.63) is 52.7 Å². The van der Waals surface area contributed by atoms with Gasteiger partial charge in [0.2, 0.25) is 5.88 Å². The van der Waals surface area contributed by atoms with Crippen LogP contribution in [-0.4, -0.2) is 4.98 Å². The van der Waals surface area contributed by atoms with Gasteiger partial charge >= 0.3 is 0 Å². The van der Waals surface area contributed by atoms with Gasteiger partial charge in [-0.2, -0.15) is 10.5 Å². The quantitative estimate of drug-likeness (QED) is 0.819. The zero-order valence-electron chi connectivity index (χ0n) is 10.6. The maximum Gasteiger partial charge on any atom is 0.237 e. The van der Waals surface area contributed by atoms with E-state index in [4.69, 9.17) is 15.3 Å². The first-order valence-corrected chi connectivity index (χ1v) is 5.70. The summed E-state index contributed by atoms with van der Waals surface area (Å²) >= 11 is 0. The number of aromatic nitrogens is 1. The molecule has 0 atom stereocenters. The third-order valence-corrected chi connectivity index (χ3v) is 2.62. The van der Waals surface area contributed by atoms with E-state index in [0.29, 0.717) is 22.8 Å². The number of ether oxygens (including phenoxy) is 1. The van der Waals surface area contributed by atoms with Crippen molar-refractivity contribution < 1.29 is 4.74 Å². The highest BCUT2D eigenvalue weighted by Gasteiger charge is 2.10. The smallest absolute Gasteiger partial charge is 0.237 e. The highest BCUT2D eigenvalue weighted by atomic mass is 16.5. The molecule has 4 heteroatoms. The zero-order chi connectivity index (χ0) is 13.8. The summed E-state index contributed by atoms with van der Waals surface area (Å²) in [6.45, 7) is 3.69. The van der Waals surface area contributed by atoms with Crippen molar-refractivity contribution in [2.24, 2.45) is 0 Å². The SMILES string of the molecule is Cc1cc(C)c(C#N)c(Oc2ccc(C#N)cc2)n1. The maximum atomic E-state index is 9.14. The maximum absolute atomic E-state index is 9.14. The van der Waals surface area contributed by atoms with Gasteiger partial charge in [0.05, 0.1) is 11.6 Å². The summed E-state index contributed by atoms with van der Waals surface area (Å²) in [5.41, 5.74) is 2.61. The molecule has 0 bridgehead atoms. The van der Waals surface area contributed by atoms with Crippen LogP contribution >= 0.6 is 0 Å². The molecule has 0 aliphatic carbocycles. The molecule has 0 fully saturated rings. The minimum atomic E-state index is 0.296. The van der Waals surface area contributed by atoms with Gasteiger partial charge in [-0.05, 0) is 49.7 Å². The predicted octanol–water partition coefficient (Wildman–Crippen LogP) is 3.23. The molecule has 2 rings (SSSR count). The standard InChI is InChI=1S/C15H11N3O/c1-10-7-11(2)18-15(14(10)9-17)19-13-5-3-12(8-16)4-6-13/h3-7H,1-2H3.